The maximum Gasteiger partial charge on any atom is 0.197 e. The molecule has 0 aromatic heterocycles. The lowest BCUT2D eigenvalue weighted by Gasteiger charge is -2.34. The molecule has 5 heteroatoms. The van der Waals surface area contributed by atoms with E-state index in [9.17, 15) is 5.11 Å². The second-order valence-electron chi connectivity index (χ2n) is 3.94. The molecule has 2 heterocycles. The molecule has 2 aliphatic heterocycles. The first-order chi connectivity index (χ1) is 7.05. The lowest BCUT2D eigenvalue weighted by molar-refractivity contribution is -0.303. The minimum atomic E-state index is -1.02. The summed E-state index contributed by atoms with van der Waals surface area (Å²) >= 11 is 2.30. The zero-order valence-corrected chi connectivity index (χ0v) is 10.8. The van der Waals surface area contributed by atoms with E-state index in [1.165, 1.54) is 3.58 Å². The highest BCUT2D eigenvalue weighted by molar-refractivity contribution is 14.1. The second-order valence-corrected chi connectivity index (χ2v) is 5.33. The van der Waals surface area contributed by atoms with Crippen molar-refractivity contribution in [3.63, 3.8) is 0 Å². The first-order valence-corrected chi connectivity index (χ1v) is 6.00. The van der Waals surface area contributed by atoms with Crippen LogP contribution in [0.3, 0.4) is 0 Å². The van der Waals surface area contributed by atoms with Crippen LogP contribution >= 0.6 is 22.6 Å². The quantitative estimate of drug-likeness (QED) is 0.623. The van der Waals surface area contributed by atoms with Crippen molar-refractivity contribution < 1.29 is 9.94 Å². The van der Waals surface area contributed by atoms with Crippen LogP contribution in [0.5, 0.6) is 0 Å². The number of hydrogen-bond donors (Lipinski definition) is 1. The van der Waals surface area contributed by atoms with Gasteiger partial charge in [-0.25, -0.2) is 0 Å². The van der Waals surface area contributed by atoms with E-state index < -0.39 is 5.85 Å². The van der Waals surface area contributed by atoms with Gasteiger partial charge in [0.1, 0.15) is 0 Å². The minimum Gasteiger partial charge on any atom is -0.361 e. The molecule has 0 aromatic carbocycles. The summed E-state index contributed by atoms with van der Waals surface area (Å²) in [7, 11) is 0. The summed E-state index contributed by atoms with van der Waals surface area (Å²) in [6.07, 6.45) is 3.82. The third kappa shape index (κ3) is 1.99. The number of hydrogen-bond acceptors (Lipinski definition) is 4. The number of aliphatic hydroxyl groups is 1. The maximum atomic E-state index is 10.3. The molecular formula is C10H15IN2O2. The molecule has 2 bridgehead atoms. The summed E-state index contributed by atoms with van der Waals surface area (Å²) < 4.78 is 1.24. The van der Waals surface area contributed by atoms with Gasteiger partial charge in [-0.15, -0.1) is 11.6 Å². The smallest absolute Gasteiger partial charge is 0.197 e. The Morgan fingerprint density at radius 1 is 1.87 bits per heavy atom. The van der Waals surface area contributed by atoms with E-state index >= 15 is 0 Å². The Bertz CT molecular complexity index is 304. The van der Waals surface area contributed by atoms with Crippen molar-refractivity contribution in [2.24, 2.45) is 0 Å². The van der Waals surface area contributed by atoms with Crippen molar-refractivity contribution in [3.8, 4) is 0 Å². The molecule has 1 fully saturated rings. The number of nitrogens with zero attached hydrogens (tertiary/aromatic N) is 2. The van der Waals surface area contributed by atoms with Crippen molar-refractivity contribution in [1.82, 2.24) is 9.96 Å². The Balaban J connectivity index is 2.18. The van der Waals surface area contributed by atoms with E-state index in [1.807, 2.05) is 4.90 Å². The summed E-state index contributed by atoms with van der Waals surface area (Å²) in [6.45, 7) is 7.40. The van der Waals surface area contributed by atoms with Crippen LogP contribution in [0.25, 0.3) is 0 Å². The highest BCUT2D eigenvalue weighted by Gasteiger charge is 2.50. The highest BCUT2D eigenvalue weighted by Crippen LogP contribution is 2.35. The van der Waals surface area contributed by atoms with Crippen LogP contribution in [0.1, 0.15) is 6.92 Å². The largest absolute Gasteiger partial charge is 0.361 e. The van der Waals surface area contributed by atoms with E-state index in [0.29, 0.717) is 6.61 Å². The first kappa shape index (κ1) is 11.5. The average molecular weight is 322 g/mol. The van der Waals surface area contributed by atoms with Gasteiger partial charge in [0, 0.05) is 16.7 Å². The van der Waals surface area contributed by atoms with Crippen LogP contribution in [0.15, 0.2) is 22.3 Å². The van der Waals surface area contributed by atoms with Gasteiger partial charge in [0.25, 0.3) is 0 Å². The Kier molecular flexibility index (Phi) is 3.18. The molecule has 1 N–H and O–H groups in total. The van der Waals surface area contributed by atoms with Gasteiger partial charge < -0.3 is 5.11 Å². The molecule has 1 saturated heterocycles. The molecule has 0 radical (unpaired) electrons. The number of hydroxylamine groups is 2. The summed E-state index contributed by atoms with van der Waals surface area (Å²) in [5.74, 6) is -1.02. The molecule has 15 heavy (non-hydrogen) atoms. The van der Waals surface area contributed by atoms with Crippen molar-refractivity contribution in [1.29, 1.82) is 0 Å². The van der Waals surface area contributed by atoms with Gasteiger partial charge >= 0.3 is 0 Å². The highest BCUT2D eigenvalue weighted by atomic mass is 127. The van der Waals surface area contributed by atoms with E-state index in [1.54, 1.807) is 18.1 Å². The second kappa shape index (κ2) is 4.14. The lowest BCUT2D eigenvalue weighted by Crippen LogP contribution is -2.51. The molecule has 0 amide bonds. The third-order valence-corrected chi connectivity index (χ3v) is 3.47. The van der Waals surface area contributed by atoms with Gasteiger partial charge in [-0.2, -0.15) is 0 Å². The monoisotopic (exact) mass is 322 g/mol. The van der Waals surface area contributed by atoms with Gasteiger partial charge in [-0.1, -0.05) is 12.2 Å². The molecule has 4 nitrogen and oxygen atoms in total. The zero-order chi connectivity index (χ0) is 11.1. The molecule has 0 aliphatic carbocycles. The molecule has 2 rings (SSSR count). The van der Waals surface area contributed by atoms with E-state index in [4.69, 9.17) is 4.84 Å². The number of rotatable bonds is 3. The Morgan fingerprint density at radius 2 is 2.60 bits per heavy atom. The fourth-order valence-electron chi connectivity index (χ4n) is 2.06. The van der Waals surface area contributed by atoms with Crippen LogP contribution in [-0.2, 0) is 4.84 Å². The fourth-order valence-corrected chi connectivity index (χ4v) is 2.88. The van der Waals surface area contributed by atoms with Crippen LogP contribution in [0.2, 0.25) is 0 Å². The average Bonchev–Trinajstić information content (AvgIpc) is 2.32. The number of fused-ring (bicyclic) bond motifs is 2. The van der Waals surface area contributed by atoms with E-state index in [2.05, 4.69) is 35.2 Å². The summed E-state index contributed by atoms with van der Waals surface area (Å²) in [6, 6.07) is 0.139. The van der Waals surface area contributed by atoms with Crippen molar-refractivity contribution in [3.05, 3.63) is 22.3 Å². The third-order valence-electron chi connectivity index (χ3n) is 2.77. The molecule has 0 aromatic rings. The fraction of sp³-hybridized carbons (Fsp3) is 0.600. The van der Waals surface area contributed by atoms with E-state index in [0.717, 1.165) is 13.1 Å². The standard InChI is InChI=1S/C10H15IN2O2/c1-3-4-15-13-9-5-8(11)6-12(7-9)10(13,2)14/h3,5,9,14H,1,4,6-7H2,2H3. The predicted molar refractivity (Wildman–Crippen MR) is 66.1 cm³/mol. The summed E-state index contributed by atoms with van der Waals surface area (Å²) in [5, 5.41) is 12.0. The van der Waals surface area contributed by atoms with Crippen LogP contribution < -0.4 is 0 Å². The Hall–Kier alpha value is 0.0500. The Labute approximate surface area is 103 Å². The van der Waals surface area contributed by atoms with Gasteiger partial charge in [-0.3, -0.25) is 9.74 Å². The Morgan fingerprint density at radius 3 is 3.27 bits per heavy atom. The molecule has 3 atom stereocenters. The molecular weight excluding hydrogens is 307 g/mol. The normalized spacial score (nSPS) is 40.3. The zero-order valence-electron chi connectivity index (χ0n) is 8.69. The molecule has 3 unspecified atom stereocenters. The van der Waals surface area contributed by atoms with Crippen molar-refractivity contribution in [2.45, 2.75) is 18.8 Å². The number of halogens is 1. The lowest BCUT2D eigenvalue weighted by atomic mass is 10.2. The topological polar surface area (TPSA) is 35.9 Å². The van der Waals surface area contributed by atoms with Crippen LogP contribution in [0.4, 0.5) is 0 Å². The van der Waals surface area contributed by atoms with Gasteiger partial charge in [-0.05, 0) is 29.5 Å². The first-order valence-electron chi connectivity index (χ1n) is 4.92. The SMILES string of the molecule is C=CCON1C2C=C(I)CN(C2)C1(C)O. The predicted octanol–water partition coefficient (Wildman–Crippen LogP) is 1.09. The minimum absolute atomic E-state index is 0.139. The summed E-state index contributed by atoms with van der Waals surface area (Å²) in [4.78, 5) is 7.51. The molecule has 0 spiro atoms. The molecule has 84 valence electrons. The summed E-state index contributed by atoms with van der Waals surface area (Å²) in [5.41, 5.74) is 0. The van der Waals surface area contributed by atoms with E-state index in [-0.39, 0.29) is 6.04 Å². The van der Waals surface area contributed by atoms with Gasteiger partial charge in [0.05, 0.1) is 12.6 Å². The molecule has 0 saturated carbocycles. The van der Waals surface area contributed by atoms with Crippen molar-refractivity contribution in [2.75, 3.05) is 19.7 Å². The van der Waals surface area contributed by atoms with Crippen molar-refractivity contribution >= 4 is 22.6 Å². The van der Waals surface area contributed by atoms with Gasteiger partial charge in [0.2, 0.25) is 0 Å². The van der Waals surface area contributed by atoms with Crippen LogP contribution in [-0.4, -0.2) is 46.7 Å². The maximum absolute atomic E-state index is 10.3. The van der Waals surface area contributed by atoms with Gasteiger partial charge in [0.15, 0.2) is 5.85 Å². The van der Waals surface area contributed by atoms with Crippen LogP contribution in [0, 0.1) is 0 Å². The molecule has 2 aliphatic rings.